The fraction of sp³-hybridized carbons (Fsp3) is 0.444. The van der Waals surface area contributed by atoms with Crippen molar-refractivity contribution < 1.29 is 14.3 Å². The molecule has 158 valence electrons. The van der Waals surface area contributed by atoms with Crippen LogP contribution in [0.3, 0.4) is 0 Å². The van der Waals surface area contributed by atoms with Crippen LogP contribution in [0.4, 0.5) is 0 Å². The molecule has 4 heteroatoms. The van der Waals surface area contributed by atoms with E-state index in [-0.39, 0.29) is 23.8 Å². The molecule has 4 fully saturated rings. The van der Waals surface area contributed by atoms with E-state index in [9.17, 15) is 14.9 Å². The number of ketones is 1. The number of carbonyl (C=O) groups is 2. The summed E-state index contributed by atoms with van der Waals surface area (Å²) >= 11 is 0. The summed E-state index contributed by atoms with van der Waals surface area (Å²) in [4.78, 5) is 26.2. The first kappa shape index (κ1) is 20.0. The van der Waals surface area contributed by atoms with Crippen molar-refractivity contribution in [1.82, 2.24) is 0 Å². The van der Waals surface area contributed by atoms with Crippen LogP contribution in [0.1, 0.15) is 65.6 Å². The van der Waals surface area contributed by atoms with E-state index in [4.69, 9.17) is 4.74 Å². The molecule has 6 rings (SSSR count). The van der Waals surface area contributed by atoms with E-state index in [1.807, 2.05) is 18.2 Å². The molecule has 31 heavy (non-hydrogen) atoms. The predicted octanol–water partition coefficient (Wildman–Crippen LogP) is 5.09. The van der Waals surface area contributed by atoms with Crippen LogP contribution in [0.15, 0.2) is 48.5 Å². The molecule has 0 radical (unpaired) electrons. The Balaban J connectivity index is 1.31. The molecule has 2 aromatic rings. The van der Waals surface area contributed by atoms with Crippen LogP contribution in [0.5, 0.6) is 0 Å². The van der Waals surface area contributed by atoms with E-state index in [0.29, 0.717) is 46.4 Å². The lowest BCUT2D eigenvalue weighted by molar-refractivity contribution is -0.171. The van der Waals surface area contributed by atoms with Crippen LogP contribution in [-0.2, 0) is 16.0 Å². The zero-order chi connectivity index (χ0) is 21.4. The Morgan fingerprint density at radius 1 is 0.935 bits per heavy atom. The minimum Gasteiger partial charge on any atom is -0.465 e. The Morgan fingerprint density at radius 2 is 1.58 bits per heavy atom. The molecule has 0 amide bonds. The zero-order valence-electron chi connectivity index (χ0n) is 17.7. The first-order chi connectivity index (χ1) is 15.1. The maximum absolute atomic E-state index is 13.1. The Kier molecular flexibility index (Phi) is 5.14. The summed E-state index contributed by atoms with van der Waals surface area (Å²) in [5.74, 6) is 1.90. The van der Waals surface area contributed by atoms with Crippen LogP contribution in [0, 0.1) is 34.5 Å². The minimum absolute atomic E-state index is 0.0584. The van der Waals surface area contributed by atoms with Gasteiger partial charge in [0.05, 0.1) is 23.7 Å². The van der Waals surface area contributed by atoms with Gasteiger partial charge in [0.25, 0.3) is 0 Å². The zero-order valence-corrected chi connectivity index (χ0v) is 17.7. The summed E-state index contributed by atoms with van der Waals surface area (Å²) in [6.45, 7) is 0.203. The fourth-order valence-corrected chi connectivity index (χ4v) is 6.68. The molecule has 4 nitrogen and oxygen atoms in total. The molecule has 4 aliphatic carbocycles. The molecule has 0 N–H and O–H groups in total. The summed E-state index contributed by atoms with van der Waals surface area (Å²) in [6, 6.07) is 16.5. The average molecular weight is 414 g/mol. The van der Waals surface area contributed by atoms with Crippen molar-refractivity contribution in [2.24, 2.45) is 23.2 Å². The van der Waals surface area contributed by atoms with Crippen molar-refractivity contribution in [3.63, 3.8) is 0 Å². The number of nitriles is 1. The van der Waals surface area contributed by atoms with E-state index in [2.05, 4.69) is 6.07 Å². The highest BCUT2D eigenvalue weighted by Crippen LogP contribution is 2.60. The van der Waals surface area contributed by atoms with Crippen molar-refractivity contribution in [1.29, 1.82) is 5.26 Å². The third-order valence-corrected chi connectivity index (χ3v) is 7.63. The lowest BCUT2D eigenvalue weighted by atomic mass is 9.49. The highest BCUT2D eigenvalue weighted by Gasteiger charge is 2.55. The van der Waals surface area contributed by atoms with E-state index < -0.39 is 0 Å². The van der Waals surface area contributed by atoms with Gasteiger partial charge < -0.3 is 4.74 Å². The van der Waals surface area contributed by atoms with Crippen molar-refractivity contribution in [3.05, 3.63) is 70.8 Å². The number of benzene rings is 2. The lowest BCUT2D eigenvalue weighted by Gasteiger charge is -2.55. The van der Waals surface area contributed by atoms with E-state index in [1.165, 1.54) is 19.3 Å². The Hall–Kier alpha value is -2.93. The Morgan fingerprint density at radius 3 is 2.19 bits per heavy atom. The highest BCUT2D eigenvalue weighted by atomic mass is 16.5. The van der Waals surface area contributed by atoms with Gasteiger partial charge in [-0.3, -0.25) is 9.59 Å². The lowest BCUT2D eigenvalue weighted by Crippen LogP contribution is -2.50. The number of ether oxygens (including phenoxy) is 1. The second-order valence-electron chi connectivity index (χ2n) is 9.72. The third-order valence-electron chi connectivity index (χ3n) is 7.63. The van der Waals surface area contributed by atoms with E-state index in [0.717, 1.165) is 19.3 Å². The Labute approximate surface area is 183 Å². The molecule has 0 aromatic heterocycles. The maximum Gasteiger partial charge on any atom is 0.312 e. The molecule has 4 bridgehead atoms. The highest BCUT2D eigenvalue weighted by molar-refractivity contribution is 6.10. The largest absolute Gasteiger partial charge is 0.465 e. The van der Waals surface area contributed by atoms with E-state index in [1.54, 1.807) is 30.3 Å². The molecule has 0 saturated heterocycles. The molecular formula is C27H27NO3. The SMILES string of the molecule is N#Cc1cccc(C(=O)c2ccccc2)c1CCOC(=O)C12CC3CC(CC(C3)C1)C2. The number of esters is 1. The second-order valence-corrected chi connectivity index (χ2v) is 9.72. The molecule has 4 aliphatic rings. The fourth-order valence-electron chi connectivity index (χ4n) is 6.68. The second kappa shape index (κ2) is 7.96. The summed E-state index contributed by atoms with van der Waals surface area (Å²) in [5, 5.41) is 9.59. The number of carbonyl (C=O) groups excluding carboxylic acids is 2. The molecular weight excluding hydrogens is 386 g/mol. The van der Waals surface area contributed by atoms with Crippen molar-refractivity contribution in [2.45, 2.75) is 44.9 Å². The maximum atomic E-state index is 13.1. The van der Waals surface area contributed by atoms with Crippen LogP contribution in [0.25, 0.3) is 0 Å². The standard InChI is InChI=1S/C27H27NO3/c28-17-22-7-4-8-24(25(29)21-5-2-1-3-6-21)23(22)9-10-31-26(30)27-14-18-11-19(15-27)13-20(12-18)16-27/h1-8,18-20H,9-16H2. The molecule has 0 spiro atoms. The monoisotopic (exact) mass is 413 g/mol. The van der Waals surface area contributed by atoms with Gasteiger partial charge >= 0.3 is 5.97 Å². The minimum atomic E-state index is -0.286. The number of rotatable bonds is 6. The summed E-state index contributed by atoms with van der Waals surface area (Å²) in [6.07, 6.45) is 7.15. The number of nitrogens with zero attached hydrogens (tertiary/aromatic N) is 1. The average Bonchev–Trinajstić information content (AvgIpc) is 2.78. The first-order valence-electron chi connectivity index (χ1n) is 11.4. The summed E-state index contributed by atoms with van der Waals surface area (Å²) < 4.78 is 5.81. The van der Waals surface area contributed by atoms with Gasteiger partial charge in [0, 0.05) is 17.5 Å². The molecule has 0 unspecified atom stereocenters. The first-order valence-corrected chi connectivity index (χ1v) is 11.4. The number of hydrogen-bond acceptors (Lipinski definition) is 4. The smallest absolute Gasteiger partial charge is 0.312 e. The molecule has 0 heterocycles. The van der Waals surface area contributed by atoms with Crippen LogP contribution in [-0.4, -0.2) is 18.4 Å². The van der Waals surface area contributed by atoms with Gasteiger partial charge in [0.1, 0.15) is 0 Å². The molecule has 4 saturated carbocycles. The topological polar surface area (TPSA) is 67.2 Å². The molecule has 0 atom stereocenters. The quantitative estimate of drug-likeness (QED) is 0.489. The van der Waals surface area contributed by atoms with Gasteiger partial charge in [-0.15, -0.1) is 0 Å². The van der Waals surface area contributed by atoms with Gasteiger partial charge in [-0.25, -0.2) is 0 Å². The summed E-state index contributed by atoms with van der Waals surface area (Å²) in [7, 11) is 0. The third kappa shape index (κ3) is 3.67. The van der Waals surface area contributed by atoms with Crippen LogP contribution < -0.4 is 0 Å². The molecule has 2 aromatic carbocycles. The van der Waals surface area contributed by atoms with Gasteiger partial charge in [-0.1, -0.05) is 42.5 Å². The van der Waals surface area contributed by atoms with Crippen LogP contribution >= 0.6 is 0 Å². The van der Waals surface area contributed by atoms with Crippen molar-refractivity contribution >= 4 is 11.8 Å². The van der Waals surface area contributed by atoms with Crippen LogP contribution in [0.2, 0.25) is 0 Å². The van der Waals surface area contributed by atoms with Gasteiger partial charge in [-0.05, 0) is 67.9 Å². The predicted molar refractivity (Wildman–Crippen MR) is 116 cm³/mol. The van der Waals surface area contributed by atoms with Gasteiger partial charge in [-0.2, -0.15) is 5.26 Å². The Bertz CT molecular complexity index is 1010. The normalized spacial score (nSPS) is 28.2. The molecule has 0 aliphatic heterocycles. The number of hydrogen-bond donors (Lipinski definition) is 0. The van der Waals surface area contributed by atoms with Crippen molar-refractivity contribution in [2.75, 3.05) is 6.61 Å². The summed E-state index contributed by atoms with van der Waals surface area (Å²) in [5.41, 5.74) is 1.94. The van der Waals surface area contributed by atoms with Crippen molar-refractivity contribution in [3.8, 4) is 6.07 Å². The van der Waals surface area contributed by atoms with E-state index >= 15 is 0 Å². The van der Waals surface area contributed by atoms with Gasteiger partial charge in [0.2, 0.25) is 0 Å². The van der Waals surface area contributed by atoms with Gasteiger partial charge in [0.15, 0.2) is 5.78 Å².